The Morgan fingerprint density at radius 3 is 1.56 bits per heavy atom. The maximum absolute atomic E-state index is 14.5. The van der Waals surface area contributed by atoms with Gasteiger partial charge in [0.05, 0.1) is 12.2 Å². The second kappa shape index (κ2) is 39.7. The molecule has 1 fully saturated rings. The van der Waals surface area contributed by atoms with Gasteiger partial charge < -0.3 is 97.4 Å². The number of aliphatic hydroxyl groups is 2. The fraction of sp³-hybridized carbons (Fsp3) is 0.696. The summed E-state index contributed by atoms with van der Waals surface area (Å²) < 4.78 is 0. The van der Waals surface area contributed by atoms with E-state index in [1.165, 1.54) is 13.8 Å². The van der Waals surface area contributed by atoms with Crippen LogP contribution in [-0.4, -0.2) is 187 Å². The number of benzene rings is 1. The molecule has 85 heavy (non-hydrogen) atoms. The number of nitrogens with one attached hydrogen (secondary N) is 11. The molecule has 0 aliphatic carbocycles. The number of hydrogen-bond acceptors (Lipinski definition) is 18. The van der Waals surface area contributed by atoms with Gasteiger partial charge in [-0.1, -0.05) is 77.3 Å². The summed E-state index contributed by atoms with van der Waals surface area (Å²) in [6.07, 6.45) is -1.05. The SMILES string of the molecule is CCC(C)CCCCC(=O)N[C@@H](CCN)C(=O)N[C@H](C(=O)N[C@H](CCN)C(=O)NC1CCNC(=O)C([C@H](C)O)NC(=O)[C@@H](CCN)NC(=O)[C@@H](CCN)NC(=O)[C@@H](CC(C)C)NC(=O)[C@H](Cc2ccccc2)NC(=O)C(CCN)NC1=O)[C@@H](C)O. The number of amides is 11. The summed E-state index contributed by atoms with van der Waals surface area (Å²) in [5, 5.41) is 49.7. The van der Waals surface area contributed by atoms with Crippen molar-refractivity contribution in [1.29, 1.82) is 0 Å². The van der Waals surface area contributed by atoms with E-state index in [2.05, 4.69) is 72.3 Å². The van der Waals surface area contributed by atoms with E-state index < -0.39 is 151 Å². The first-order valence-electron chi connectivity index (χ1n) is 29.5. The van der Waals surface area contributed by atoms with Crippen LogP contribution in [0.3, 0.4) is 0 Å². The monoisotopic (exact) mass is 1200 g/mol. The van der Waals surface area contributed by atoms with E-state index in [1.807, 2.05) is 0 Å². The summed E-state index contributed by atoms with van der Waals surface area (Å²) in [5.74, 6) is -9.45. The van der Waals surface area contributed by atoms with Crippen LogP contribution in [0.5, 0.6) is 0 Å². The van der Waals surface area contributed by atoms with Crippen molar-refractivity contribution < 1.29 is 63.0 Å². The standard InChI is InChI=1S/C56H98N16O13/c1-7-32(4)13-11-12-16-44(75)63-36(17-23-57)51(80)72-46(34(6)74)56(85)68-39(20-26-60)48(77)67-41-22-28-62-55(84)45(33(5)73)71-52(81)40(21-27-61)65-47(76)37(18-24-58)66-53(82)42(29-31(2)3)69-54(83)43(30-35-14-9-8-10-15-35)70-49(78)38(19-25-59)64-50(41)79/h8-10,14-15,31-34,36-43,45-46,73-74H,7,11-13,16-30,57-61H2,1-6H3,(H,62,84)(H,63,75)(H,64,79)(H,65,76)(H,66,82)(H,67,77)(H,68,85)(H,69,83)(H,70,78)(H,71,81)(H,72,80)/t32?,33-,34+,36-,37+,38?,39+,40+,41?,42+,43-,45?,46-/m0/s1. The van der Waals surface area contributed by atoms with E-state index >= 15 is 0 Å². The topological polar surface area (TPSA) is 491 Å². The van der Waals surface area contributed by atoms with Crippen molar-refractivity contribution in [2.24, 2.45) is 40.5 Å². The number of unbranched alkanes of at least 4 members (excludes halogenated alkanes) is 1. The van der Waals surface area contributed by atoms with Gasteiger partial charge in [0.15, 0.2) is 0 Å². The third kappa shape index (κ3) is 26.9. The van der Waals surface area contributed by atoms with Gasteiger partial charge in [-0.3, -0.25) is 52.7 Å². The molecule has 1 aliphatic heterocycles. The average molecular weight is 1200 g/mol. The maximum atomic E-state index is 14.5. The van der Waals surface area contributed by atoms with Crippen molar-refractivity contribution in [1.82, 2.24) is 58.5 Å². The summed E-state index contributed by atoms with van der Waals surface area (Å²) in [6.45, 7) is 9.00. The van der Waals surface area contributed by atoms with Crippen molar-refractivity contribution >= 4 is 65.0 Å². The largest absolute Gasteiger partial charge is 0.391 e. The summed E-state index contributed by atoms with van der Waals surface area (Å²) in [7, 11) is 0. The van der Waals surface area contributed by atoms with Gasteiger partial charge in [-0.05, 0) is 115 Å². The fourth-order valence-electron chi connectivity index (χ4n) is 9.12. The van der Waals surface area contributed by atoms with E-state index in [-0.39, 0.29) is 90.0 Å². The molecule has 1 saturated heterocycles. The number of aliphatic hydroxyl groups excluding tert-OH is 2. The van der Waals surface area contributed by atoms with Gasteiger partial charge in [-0.15, -0.1) is 0 Å². The zero-order valence-corrected chi connectivity index (χ0v) is 50.2. The van der Waals surface area contributed by atoms with Gasteiger partial charge in [0, 0.05) is 19.4 Å². The molecular weight excluding hydrogens is 1100 g/mol. The molecule has 0 spiro atoms. The van der Waals surface area contributed by atoms with E-state index in [0.29, 0.717) is 17.9 Å². The van der Waals surface area contributed by atoms with Crippen LogP contribution in [0, 0.1) is 11.8 Å². The summed E-state index contributed by atoms with van der Waals surface area (Å²) in [5.41, 5.74) is 29.9. The second-order valence-electron chi connectivity index (χ2n) is 22.0. The molecule has 1 heterocycles. The van der Waals surface area contributed by atoms with Crippen LogP contribution < -0.4 is 87.2 Å². The van der Waals surface area contributed by atoms with E-state index in [9.17, 15) is 63.0 Å². The van der Waals surface area contributed by atoms with Crippen molar-refractivity contribution in [2.75, 3.05) is 39.3 Å². The minimum atomic E-state index is -1.70. The first-order valence-corrected chi connectivity index (χ1v) is 29.5. The second-order valence-corrected chi connectivity index (χ2v) is 22.0. The van der Waals surface area contributed by atoms with Crippen LogP contribution in [0.2, 0.25) is 0 Å². The Bertz CT molecular complexity index is 2320. The van der Waals surface area contributed by atoms with Gasteiger partial charge in [0.2, 0.25) is 65.0 Å². The highest BCUT2D eigenvalue weighted by Gasteiger charge is 2.37. The lowest BCUT2D eigenvalue weighted by molar-refractivity contribution is -0.137. The zero-order valence-electron chi connectivity index (χ0n) is 50.2. The Morgan fingerprint density at radius 2 is 1.06 bits per heavy atom. The summed E-state index contributed by atoms with van der Waals surface area (Å²) in [4.78, 5) is 154. The van der Waals surface area contributed by atoms with Crippen LogP contribution in [-0.2, 0) is 59.2 Å². The van der Waals surface area contributed by atoms with Crippen LogP contribution in [0.1, 0.15) is 124 Å². The molecule has 1 aliphatic rings. The van der Waals surface area contributed by atoms with Crippen LogP contribution in [0.25, 0.3) is 0 Å². The Hall–Kier alpha value is -6.89. The molecular formula is C56H98N16O13. The summed E-state index contributed by atoms with van der Waals surface area (Å²) >= 11 is 0. The highest BCUT2D eigenvalue weighted by atomic mass is 16.3. The van der Waals surface area contributed by atoms with Crippen molar-refractivity contribution in [3.8, 4) is 0 Å². The molecule has 4 unspecified atom stereocenters. The van der Waals surface area contributed by atoms with Crippen molar-refractivity contribution in [2.45, 2.75) is 198 Å². The Morgan fingerprint density at radius 1 is 0.565 bits per heavy atom. The Kier molecular flexibility index (Phi) is 34.6. The van der Waals surface area contributed by atoms with Crippen LogP contribution >= 0.6 is 0 Å². The summed E-state index contributed by atoms with van der Waals surface area (Å²) in [6, 6.07) is -6.23. The van der Waals surface area contributed by atoms with Crippen LogP contribution in [0.4, 0.5) is 0 Å². The molecule has 0 aromatic heterocycles. The molecule has 1 aromatic rings. The molecule has 0 radical (unpaired) electrons. The smallest absolute Gasteiger partial charge is 0.245 e. The molecule has 0 bridgehead atoms. The van der Waals surface area contributed by atoms with Gasteiger partial charge in [0.1, 0.15) is 60.4 Å². The number of carbonyl (C=O) groups excluding carboxylic acids is 11. The third-order valence-corrected chi connectivity index (χ3v) is 14.3. The fourth-order valence-corrected chi connectivity index (χ4v) is 9.12. The van der Waals surface area contributed by atoms with Gasteiger partial charge in [0.25, 0.3) is 0 Å². The molecule has 23 N–H and O–H groups in total. The number of nitrogens with two attached hydrogens (primary N) is 5. The molecule has 1 aromatic carbocycles. The molecule has 0 saturated carbocycles. The predicted molar refractivity (Wildman–Crippen MR) is 316 cm³/mol. The minimum absolute atomic E-state index is 0.0173. The molecule has 2 rings (SSSR count). The number of hydrogen-bond donors (Lipinski definition) is 18. The van der Waals surface area contributed by atoms with Gasteiger partial charge >= 0.3 is 0 Å². The normalized spacial score (nSPS) is 22.9. The number of carbonyl (C=O) groups is 11. The Labute approximate surface area is 498 Å². The lowest BCUT2D eigenvalue weighted by atomic mass is 10.00. The molecule has 11 amide bonds. The molecule has 13 atom stereocenters. The van der Waals surface area contributed by atoms with Gasteiger partial charge in [-0.2, -0.15) is 0 Å². The first-order chi connectivity index (χ1) is 40.3. The number of rotatable bonds is 29. The quantitative estimate of drug-likeness (QED) is 0.0333. The molecule has 480 valence electrons. The van der Waals surface area contributed by atoms with Crippen molar-refractivity contribution in [3.63, 3.8) is 0 Å². The van der Waals surface area contributed by atoms with Gasteiger partial charge in [-0.25, -0.2) is 0 Å². The van der Waals surface area contributed by atoms with E-state index in [4.69, 9.17) is 28.7 Å². The maximum Gasteiger partial charge on any atom is 0.245 e. The first kappa shape index (κ1) is 74.2. The lowest BCUT2D eigenvalue weighted by Gasteiger charge is -2.29. The Balaban J connectivity index is 2.67. The van der Waals surface area contributed by atoms with Crippen LogP contribution in [0.15, 0.2) is 30.3 Å². The average Bonchev–Trinajstić information content (AvgIpc) is 3.67. The van der Waals surface area contributed by atoms with E-state index in [0.717, 1.165) is 19.3 Å². The predicted octanol–water partition coefficient (Wildman–Crippen LogP) is -5.24. The zero-order chi connectivity index (χ0) is 63.8. The van der Waals surface area contributed by atoms with Crippen molar-refractivity contribution in [3.05, 3.63) is 35.9 Å². The lowest BCUT2D eigenvalue weighted by Crippen LogP contribution is -2.62. The highest BCUT2D eigenvalue weighted by Crippen LogP contribution is 2.14. The third-order valence-electron chi connectivity index (χ3n) is 14.3. The van der Waals surface area contributed by atoms with E-state index in [1.54, 1.807) is 44.2 Å². The molecule has 29 nitrogen and oxygen atoms in total. The highest BCUT2D eigenvalue weighted by molar-refractivity contribution is 5.99. The molecule has 29 heteroatoms. The minimum Gasteiger partial charge on any atom is -0.391 e.